The van der Waals surface area contributed by atoms with Crippen LogP contribution in [0.1, 0.15) is 28.6 Å². The van der Waals surface area contributed by atoms with E-state index in [1.165, 1.54) is 0 Å². The summed E-state index contributed by atoms with van der Waals surface area (Å²) in [5, 5.41) is 10.0. The molecule has 5 heteroatoms. The molecule has 1 heterocycles. The molecule has 0 saturated carbocycles. The van der Waals surface area contributed by atoms with Gasteiger partial charge >= 0.3 is 5.97 Å². The fourth-order valence-electron chi connectivity index (χ4n) is 2.55. The second-order valence-corrected chi connectivity index (χ2v) is 6.12. The number of hydrogen-bond donors (Lipinski definition) is 0. The highest BCUT2D eigenvalue weighted by Crippen LogP contribution is 2.26. The first-order valence-corrected chi connectivity index (χ1v) is 8.73. The number of nitrogens with zero attached hydrogens (tertiary/aromatic N) is 1. The van der Waals surface area contributed by atoms with E-state index in [4.69, 9.17) is 20.8 Å². The summed E-state index contributed by atoms with van der Waals surface area (Å²) in [5.41, 5.74) is 2.49. The smallest absolute Gasteiger partial charge is 0.338 e. The van der Waals surface area contributed by atoms with E-state index in [1.807, 2.05) is 12.1 Å². The van der Waals surface area contributed by atoms with Crippen LogP contribution in [0.5, 0.6) is 0 Å². The van der Waals surface area contributed by atoms with Gasteiger partial charge in [-0.25, -0.2) is 4.79 Å². The lowest BCUT2D eigenvalue weighted by Crippen LogP contribution is -2.03. The van der Waals surface area contributed by atoms with Gasteiger partial charge in [-0.05, 0) is 55.0 Å². The molecule has 0 N–H and O–H groups in total. The highest BCUT2D eigenvalue weighted by molar-refractivity contribution is 6.30. The van der Waals surface area contributed by atoms with Gasteiger partial charge < -0.3 is 9.15 Å². The lowest BCUT2D eigenvalue weighted by molar-refractivity contribution is 0.0526. The van der Waals surface area contributed by atoms with Crippen LogP contribution < -0.4 is 0 Å². The molecule has 0 bridgehead atoms. The van der Waals surface area contributed by atoms with Crippen molar-refractivity contribution in [1.29, 1.82) is 5.26 Å². The summed E-state index contributed by atoms with van der Waals surface area (Å²) in [4.78, 5) is 11.7. The minimum atomic E-state index is -0.354. The van der Waals surface area contributed by atoms with Gasteiger partial charge in [0.1, 0.15) is 11.5 Å². The molecule has 0 amide bonds. The van der Waals surface area contributed by atoms with Gasteiger partial charge in [0.15, 0.2) is 0 Å². The average molecular weight is 378 g/mol. The van der Waals surface area contributed by atoms with Gasteiger partial charge in [0.25, 0.3) is 0 Å². The monoisotopic (exact) mass is 377 g/mol. The molecule has 27 heavy (non-hydrogen) atoms. The SMILES string of the molecule is CCOC(=O)c1ccc(-c2ccc(/C=C(/C#N)c3cccc(Cl)c3)o2)cc1. The van der Waals surface area contributed by atoms with Gasteiger partial charge in [-0.15, -0.1) is 0 Å². The molecule has 0 fully saturated rings. The molecule has 2 aromatic carbocycles. The van der Waals surface area contributed by atoms with E-state index >= 15 is 0 Å². The van der Waals surface area contributed by atoms with Crippen molar-refractivity contribution in [3.8, 4) is 17.4 Å². The first kappa shape index (κ1) is 18.5. The van der Waals surface area contributed by atoms with Gasteiger partial charge in [0, 0.05) is 10.6 Å². The molecule has 4 nitrogen and oxygen atoms in total. The Bertz CT molecular complexity index is 1030. The summed E-state index contributed by atoms with van der Waals surface area (Å²) in [7, 11) is 0. The quantitative estimate of drug-likeness (QED) is 0.414. The van der Waals surface area contributed by atoms with Gasteiger partial charge in [-0.1, -0.05) is 35.9 Å². The highest BCUT2D eigenvalue weighted by Gasteiger charge is 2.09. The summed E-state index contributed by atoms with van der Waals surface area (Å²) in [6.07, 6.45) is 1.67. The molecule has 0 atom stereocenters. The van der Waals surface area contributed by atoms with Crippen LogP contribution in [-0.4, -0.2) is 12.6 Å². The lowest BCUT2D eigenvalue weighted by atomic mass is 10.1. The van der Waals surface area contributed by atoms with Crippen LogP contribution in [0.2, 0.25) is 5.02 Å². The van der Waals surface area contributed by atoms with E-state index in [0.717, 1.165) is 11.1 Å². The van der Waals surface area contributed by atoms with Crippen LogP contribution in [0.15, 0.2) is 65.1 Å². The second kappa shape index (κ2) is 8.39. The zero-order chi connectivity index (χ0) is 19.2. The van der Waals surface area contributed by atoms with Crippen molar-refractivity contribution in [3.63, 3.8) is 0 Å². The zero-order valence-electron chi connectivity index (χ0n) is 14.6. The average Bonchev–Trinajstić information content (AvgIpc) is 3.15. The summed E-state index contributed by atoms with van der Waals surface area (Å²) < 4.78 is 10.8. The summed E-state index contributed by atoms with van der Waals surface area (Å²) in [5.74, 6) is 0.836. The molecule has 0 aliphatic heterocycles. The topological polar surface area (TPSA) is 63.2 Å². The Hall–Kier alpha value is -3.29. The third-order valence-corrected chi connectivity index (χ3v) is 4.09. The first-order chi connectivity index (χ1) is 13.1. The van der Waals surface area contributed by atoms with E-state index in [9.17, 15) is 10.1 Å². The molecule has 0 unspecified atom stereocenters. The number of nitriles is 1. The summed E-state index contributed by atoms with van der Waals surface area (Å²) in [6.45, 7) is 2.10. The molecule has 0 aliphatic carbocycles. The van der Waals surface area contributed by atoms with Crippen molar-refractivity contribution in [2.45, 2.75) is 6.92 Å². The minimum absolute atomic E-state index is 0.336. The van der Waals surface area contributed by atoms with Crippen molar-refractivity contribution >= 4 is 29.2 Å². The maximum atomic E-state index is 11.7. The van der Waals surface area contributed by atoms with E-state index in [1.54, 1.807) is 61.5 Å². The van der Waals surface area contributed by atoms with E-state index in [2.05, 4.69) is 6.07 Å². The molecule has 0 saturated heterocycles. The number of ether oxygens (including phenoxy) is 1. The molecule has 1 aromatic heterocycles. The highest BCUT2D eigenvalue weighted by atomic mass is 35.5. The molecule has 0 spiro atoms. The number of hydrogen-bond acceptors (Lipinski definition) is 4. The van der Waals surface area contributed by atoms with Crippen molar-refractivity contribution in [1.82, 2.24) is 0 Å². The van der Waals surface area contributed by atoms with Gasteiger partial charge in [0.2, 0.25) is 0 Å². The largest absolute Gasteiger partial charge is 0.462 e. The van der Waals surface area contributed by atoms with Crippen molar-refractivity contribution in [2.24, 2.45) is 0 Å². The molecule has 3 rings (SSSR count). The van der Waals surface area contributed by atoms with Crippen molar-refractivity contribution in [3.05, 3.63) is 82.6 Å². The van der Waals surface area contributed by atoms with Crippen LogP contribution in [0.25, 0.3) is 23.0 Å². The molecule has 3 aromatic rings. The number of furan rings is 1. The van der Waals surface area contributed by atoms with E-state index in [-0.39, 0.29) is 5.97 Å². The Morgan fingerprint density at radius 1 is 1.15 bits per heavy atom. The van der Waals surface area contributed by atoms with Crippen LogP contribution in [0.4, 0.5) is 0 Å². The predicted molar refractivity (Wildman–Crippen MR) is 105 cm³/mol. The van der Waals surface area contributed by atoms with E-state index < -0.39 is 0 Å². The standard InChI is InChI=1S/C22H16ClNO3/c1-2-26-22(25)16-8-6-15(7-9-16)21-11-10-20(27-21)13-18(14-24)17-4-3-5-19(23)12-17/h3-13H,2H2,1H3/b18-13-. The van der Waals surface area contributed by atoms with Crippen molar-refractivity contribution in [2.75, 3.05) is 6.61 Å². The van der Waals surface area contributed by atoms with Crippen LogP contribution in [-0.2, 0) is 4.74 Å². The molecule has 0 aliphatic rings. The fraction of sp³-hybridized carbons (Fsp3) is 0.0909. The number of carbonyl (C=O) groups excluding carboxylic acids is 1. The Balaban J connectivity index is 1.84. The lowest BCUT2D eigenvalue weighted by Gasteiger charge is -2.02. The zero-order valence-corrected chi connectivity index (χ0v) is 15.4. The number of carbonyl (C=O) groups is 1. The first-order valence-electron chi connectivity index (χ1n) is 8.36. The molecule has 134 valence electrons. The predicted octanol–water partition coefficient (Wildman–Crippen LogP) is 5.84. The maximum Gasteiger partial charge on any atom is 0.338 e. The minimum Gasteiger partial charge on any atom is -0.462 e. The summed E-state index contributed by atoms with van der Waals surface area (Å²) >= 11 is 5.99. The molecular weight excluding hydrogens is 362 g/mol. The normalized spacial score (nSPS) is 11.1. The number of allylic oxidation sites excluding steroid dienone is 1. The van der Waals surface area contributed by atoms with Crippen LogP contribution >= 0.6 is 11.6 Å². The summed E-state index contributed by atoms with van der Waals surface area (Å²) in [6, 6.07) is 19.8. The van der Waals surface area contributed by atoms with Crippen LogP contribution in [0.3, 0.4) is 0 Å². The third kappa shape index (κ3) is 4.46. The van der Waals surface area contributed by atoms with E-state index in [0.29, 0.717) is 34.3 Å². The number of halogens is 1. The van der Waals surface area contributed by atoms with Crippen molar-refractivity contribution < 1.29 is 13.9 Å². The fourth-order valence-corrected chi connectivity index (χ4v) is 2.74. The third-order valence-electron chi connectivity index (χ3n) is 3.85. The maximum absolute atomic E-state index is 11.7. The Morgan fingerprint density at radius 3 is 2.59 bits per heavy atom. The van der Waals surface area contributed by atoms with Crippen LogP contribution in [0, 0.1) is 11.3 Å². The molecule has 0 radical (unpaired) electrons. The number of rotatable bonds is 5. The Labute approximate surface area is 162 Å². The number of esters is 1. The number of benzene rings is 2. The molecular formula is C22H16ClNO3. The second-order valence-electron chi connectivity index (χ2n) is 5.68. The Kier molecular flexibility index (Phi) is 5.75. The van der Waals surface area contributed by atoms with Gasteiger partial charge in [-0.3, -0.25) is 0 Å². The van der Waals surface area contributed by atoms with Gasteiger partial charge in [0.05, 0.1) is 23.8 Å². The Morgan fingerprint density at radius 2 is 1.93 bits per heavy atom. The van der Waals surface area contributed by atoms with Gasteiger partial charge in [-0.2, -0.15) is 5.26 Å².